The third-order valence-corrected chi connectivity index (χ3v) is 2.74. The van der Waals surface area contributed by atoms with Gasteiger partial charge >= 0.3 is 0 Å². The zero-order chi connectivity index (χ0) is 13.0. The molecule has 2 aromatic carbocycles. The number of hydrogen-bond donors (Lipinski definition) is 2. The maximum absolute atomic E-state index is 11.8. The molecule has 18 heavy (non-hydrogen) atoms. The van der Waals surface area contributed by atoms with Crippen molar-refractivity contribution < 1.29 is 9.90 Å². The van der Waals surface area contributed by atoms with Gasteiger partial charge in [0.25, 0.3) is 5.91 Å². The molecule has 0 heterocycles. The average Bonchev–Trinajstić information content (AvgIpc) is 2.40. The van der Waals surface area contributed by atoms with Crippen molar-refractivity contribution in [1.29, 1.82) is 0 Å². The van der Waals surface area contributed by atoms with E-state index < -0.39 is 6.23 Å². The number of halogens is 1. The van der Waals surface area contributed by atoms with Crippen LogP contribution in [-0.2, 0) is 0 Å². The van der Waals surface area contributed by atoms with Crippen LogP contribution in [0.2, 0.25) is 5.02 Å². The molecule has 0 fully saturated rings. The first-order valence-electron chi connectivity index (χ1n) is 5.46. The number of carbonyl (C=O) groups excluding carboxylic acids is 1. The second-order valence-electron chi connectivity index (χ2n) is 3.79. The second-order valence-corrected chi connectivity index (χ2v) is 4.23. The summed E-state index contributed by atoms with van der Waals surface area (Å²) in [6, 6.07) is 15.4. The molecule has 2 aromatic rings. The summed E-state index contributed by atoms with van der Waals surface area (Å²) in [7, 11) is 0. The van der Waals surface area contributed by atoms with E-state index in [1.807, 2.05) is 6.07 Å². The van der Waals surface area contributed by atoms with Crippen LogP contribution in [0.5, 0.6) is 0 Å². The highest BCUT2D eigenvalue weighted by Crippen LogP contribution is 2.15. The van der Waals surface area contributed by atoms with Crippen LogP contribution in [0.3, 0.4) is 0 Å². The van der Waals surface area contributed by atoms with Crippen molar-refractivity contribution in [2.24, 2.45) is 0 Å². The van der Waals surface area contributed by atoms with E-state index in [0.717, 1.165) is 0 Å². The first kappa shape index (κ1) is 12.6. The summed E-state index contributed by atoms with van der Waals surface area (Å²) in [6.07, 6.45) is -1.05. The van der Waals surface area contributed by atoms with Gasteiger partial charge in [-0.3, -0.25) is 4.79 Å². The van der Waals surface area contributed by atoms with E-state index in [-0.39, 0.29) is 5.91 Å². The normalized spacial score (nSPS) is 11.9. The largest absolute Gasteiger partial charge is 0.369 e. The fourth-order valence-corrected chi connectivity index (χ4v) is 1.65. The van der Waals surface area contributed by atoms with Gasteiger partial charge < -0.3 is 10.4 Å². The standard InChI is InChI=1S/C14H12ClNO2/c15-12-8-6-11(7-9-12)14(18)16-13(17)10-4-2-1-3-5-10/h1-9,14,18H,(H,16,17). The molecule has 0 aliphatic carbocycles. The maximum atomic E-state index is 11.8. The molecular weight excluding hydrogens is 250 g/mol. The lowest BCUT2D eigenvalue weighted by atomic mass is 10.1. The highest BCUT2D eigenvalue weighted by molar-refractivity contribution is 6.30. The van der Waals surface area contributed by atoms with E-state index >= 15 is 0 Å². The average molecular weight is 262 g/mol. The zero-order valence-corrected chi connectivity index (χ0v) is 10.3. The summed E-state index contributed by atoms with van der Waals surface area (Å²) in [5, 5.41) is 13.0. The van der Waals surface area contributed by atoms with Crippen molar-refractivity contribution in [3.8, 4) is 0 Å². The van der Waals surface area contributed by atoms with Gasteiger partial charge in [-0.05, 0) is 24.3 Å². The minimum absolute atomic E-state index is 0.321. The molecule has 1 atom stereocenters. The molecule has 92 valence electrons. The number of rotatable bonds is 3. The summed E-state index contributed by atoms with van der Waals surface area (Å²) in [5.74, 6) is -0.321. The maximum Gasteiger partial charge on any atom is 0.253 e. The van der Waals surface area contributed by atoms with Crippen molar-refractivity contribution in [3.05, 3.63) is 70.7 Å². The van der Waals surface area contributed by atoms with Crippen molar-refractivity contribution in [3.63, 3.8) is 0 Å². The Labute approximate surface area is 110 Å². The Morgan fingerprint density at radius 1 is 1.06 bits per heavy atom. The van der Waals surface area contributed by atoms with Crippen LogP contribution < -0.4 is 5.32 Å². The van der Waals surface area contributed by atoms with Crippen molar-refractivity contribution in [1.82, 2.24) is 5.32 Å². The number of aliphatic hydroxyl groups excluding tert-OH is 1. The third kappa shape index (κ3) is 3.09. The van der Waals surface area contributed by atoms with E-state index in [1.165, 1.54) is 0 Å². The molecule has 2 rings (SSSR count). The SMILES string of the molecule is O=C(NC(O)c1ccc(Cl)cc1)c1ccccc1. The van der Waals surface area contributed by atoms with Gasteiger partial charge in [0.1, 0.15) is 0 Å². The zero-order valence-electron chi connectivity index (χ0n) is 9.51. The summed E-state index contributed by atoms with van der Waals surface area (Å²) in [4.78, 5) is 11.8. The molecule has 0 aliphatic rings. The number of nitrogens with one attached hydrogen (secondary N) is 1. The van der Waals surface area contributed by atoms with Crippen molar-refractivity contribution in [2.45, 2.75) is 6.23 Å². The minimum Gasteiger partial charge on any atom is -0.369 e. The van der Waals surface area contributed by atoms with Gasteiger partial charge in [-0.2, -0.15) is 0 Å². The lowest BCUT2D eigenvalue weighted by Crippen LogP contribution is -2.28. The summed E-state index contributed by atoms with van der Waals surface area (Å²) < 4.78 is 0. The van der Waals surface area contributed by atoms with Crippen LogP contribution in [0.25, 0.3) is 0 Å². The van der Waals surface area contributed by atoms with Gasteiger partial charge in [-0.1, -0.05) is 41.9 Å². The molecule has 1 unspecified atom stereocenters. The van der Waals surface area contributed by atoms with E-state index in [1.54, 1.807) is 48.5 Å². The summed E-state index contributed by atoms with van der Waals surface area (Å²) >= 11 is 5.75. The Hall–Kier alpha value is -1.84. The van der Waals surface area contributed by atoms with Gasteiger partial charge in [-0.15, -0.1) is 0 Å². The molecule has 0 bridgehead atoms. The number of aliphatic hydroxyl groups is 1. The molecule has 0 radical (unpaired) electrons. The van der Waals surface area contributed by atoms with Crippen LogP contribution in [-0.4, -0.2) is 11.0 Å². The van der Waals surface area contributed by atoms with Gasteiger partial charge in [0.2, 0.25) is 0 Å². The highest BCUT2D eigenvalue weighted by atomic mass is 35.5. The minimum atomic E-state index is -1.05. The Morgan fingerprint density at radius 2 is 1.67 bits per heavy atom. The van der Waals surface area contributed by atoms with E-state index in [2.05, 4.69) is 5.32 Å². The van der Waals surface area contributed by atoms with Crippen LogP contribution in [0.15, 0.2) is 54.6 Å². The van der Waals surface area contributed by atoms with Gasteiger partial charge in [0.15, 0.2) is 6.23 Å². The molecule has 4 heteroatoms. The first-order chi connectivity index (χ1) is 8.66. The second kappa shape index (κ2) is 5.67. The van der Waals surface area contributed by atoms with Gasteiger partial charge in [-0.25, -0.2) is 0 Å². The molecule has 0 aromatic heterocycles. The topological polar surface area (TPSA) is 49.3 Å². The summed E-state index contributed by atoms with van der Waals surface area (Å²) in [5.41, 5.74) is 1.09. The van der Waals surface area contributed by atoms with Crippen molar-refractivity contribution >= 4 is 17.5 Å². The predicted octanol–water partition coefficient (Wildman–Crippen LogP) is 2.76. The Bertz CT molecular complexity index is 525. The number of carbonyl (C=O) groups is 1. The molecule has 0 aliphatic heterocycles. The highest BCUT2D eigenvalue weighted by Gasteiger charge is 2.12. The molecule has 1 amide bonds. The van der Waals surface area contributed by atoms with Crippen LogP contribution in [0.1, 0.15) is 22.1 Å². The lowest BCUT2D eigenvalue weighted by Gasteiger charge is -2.13. The quantitative estimate of drug-likeness (QED) is 0.835. The number of benzene rings is 2. The molecule has 0 saturated heterocycles. The van der Waals surface area contributed by atoms with E-state index in [4.69, 9.17) is 11.6 Å². The predicted molar refractivity (Wildman–Crippen MR) is 70.3 cm³/mol. The van der Waals surface area contributed by atoms with Crippen LogP contribution in [0.4, 0.5) is 0 Å². The molecule has 0 spiro atoms. The van der Waals surface area contributed by atoms with Gasteiger partial charge in [0.05, 0.1) is 0 Å². The Morgan fingerprint density at radius 3 is 2.28 bits per heavy atom. The van der Waals surface area contributed by atoms with Gasteiger partial charge in [0, 0.05) is 16.1 Å². The Balaban J connectivity index is 2.06. The molecule has 2 N–H and O–H groups in total. The monoisotopic (exact) mass is 261 g/mol. The fraction of sp³-hybridized carbons (Fsp3) is 0.0714. The van der Waals surface area contributed by atoms with Crippen LogP contribution >= 0.6 is 11.6 Å². The molecule has 0 saturated carbocycles. The molecule has 3 nitrogen and oxygen atoms in total. The smallest absolute Gasteiger partial charge is 0.253 e. The van der Waals surface area contributed by atoms with Crippen LogP contribution in [0, 0.1) is 0 Å². The number of hydrogen-bond acceptors (Lipinski definition) is 2. The fourth-order valence-electron chi connectivity index (χ4n) is 1.53. The lowest BCUT2D eigenvalue weighted by molar-refractivity contribution is 0.0783. The van der Waals surface area contributed by atoms with E-state index in [9.17, 15) is 9.90 Å². The Kier molecular flexibility index (Phi) is 3.97. The van der Waals surface area contributed by atoms with E-state index in [0.29, 0.717) is 16.1 Å². The molecular formula is C14H12ClNO2. The van der Waals surface area contributed by atoms with Crippen molar-refractivity contribution in [2.75, 3.05) is 0 Å². The third-order valence-electron chi connectivity index (χ3n) is 2.49. The summed E-state index contributed by atoms with van der Waals surface area (Å²) in [6.45, 7) is 0. The number of amides is 1. The first-order valence-corrected chi connectivity index (χ1v) is 5.84.